The summed E-state index contributed by atoms with van der Waals surface area (Å²) < 4.78 is 27.2. The van der Waals surface area contributed by atoms with E-state index in [1.807, 2.05) is 0 Å². The summed E-state index contributed by atoms with van der Waals surface area (Å²) in [5.74, 6) is 0.0796. The molecule has 0 unspecified atom stereocenters. The molecule has 0 aliphatic heterocycles. The Morgan fingerprint density at radius 1 is 1.18 bits per heavy atom. The minimum Gasteiger partial charge on any atom is -0.699 e. The SMILES string of the molecule is [NH-]c1ccc(OC(F)F)cc1. The summed E-state index contributed by atoms with van der Waals surface area (Å²) in [6.07, 6.45) is 0. The third kappa shape index (κ3) is 2.41. The van der Waals surface area contributed by atoms with Crippen LogP contribution in [0.15, 0.2) is 24.3 Å². The van der Waals surface area contributed by atoms with Crippen LogP contribution in [0.2, 0.25) is 0 Å². The van der Waals surface area contributed by atoms with Crippen LogP contribution < -0.4 is 4.74 Å². The molecule has 11 heavy (non-hydrogen) atoms. The number of alkyl halides is 2. The maximum absolute atomic E-state index is 11.6. The first kappa shape index (κ1) is 7.78. The Labute approximate surface area is 62.6 Å². The van der Waals surface area contributed by atoms with Gasteiger partial charge in [0.25, 0.3) is 0 Å². The zero-order chi connectivity index (χ0) is 8.27. The molecule has 0 atom stereocenters. The van der Waals surface area contributed by atoms with Crippen LogP contribution in [0.25, 0.3) is 5.73 Å². The van der Waals surface area contributed by atoms with E-state index in [4.69, 9.17) is 5.73 Å². The summed E-state index contributed by atoms with van der Waals surface area (Å²) >= 11 is 0. The summed E-state index contributed by atoms with van der Waals surface area (Å²) in [4.78, 5) is 0. The van der Waals surface area contributed by atoms with Gasteiger partial charge in [-0.15, -0.1) is 5.69 Å². The standard InChI is InChI=1S/C7H6F2NO/c8-7(9)11-6-3-1-5(10)2-4-6/h1-4,7,10H/q-1. The van der Waals surface area contributed by atoms with Crippen LogP contribution in [-0.2, 0) is 0 Å². The molecule has 0 heterocycles. The summed E-state index contributed by atoms with van der Waals surface area (Å²) in [6.45, 7) is -2.80. The Morgan fingerprint density at radius 3 is 2.18 bits per heavy atom. The molecular weight excluding hydrogens is 152 g/mol. The molecule has 0 saturated carbocycles. The van der Waals surface area contributed by atoms with Gasteiger partial charge in [0.05, 0.1) is 0 Å². The first-order valence-electron chi connectivity index (χ1n) is 2.95. The van der Waals surface area contributed by atoms with E-state index >= 15 is 0 Å². The van der Waals surface area contributed by atoms with Crippen molar-refractivity contribution in [1.29, 1.82) is 0 Å². The van der Waals surface area contributed by atoms with Gasteiger partial charge in [0.15, 0.2) is 0 Å². The summed E-state index contributed by atoms with van der Waals surface area (Å²) in [7, 11) is 0. The molecule has 0 aromatic heterocycles. The van der Waals surface area contributed by atoms with Gasteiger partial charge in [-0.2, -0.15) is 8.78 Å². The highest BCUT2D eigenvalue weighted by atomic mass is 19.3. The second kappa shape index (κ2) is 3.18. The van der Waals surface area contributed by atoms with Crippen molar-refractivity contribution in [3.8, 4) is 5.75 Å². The van der Waals surface area contributed by atoms with E-state index in [0.29, 0.717) is 0 Å². The zero-order valence-electron chi connectivity index (χ0n) is 5.55. The topological polar surface area (TPSA) is 33.0 Å². The number of halogens is 2. The highest BCUT2D eigenvalue weighted by molar-refractivity contribution is 5.45. The normalized spacial score (nSPS) is 10.1. The largest absolute Gasteiger partial charge is 0.699 e. The zero-order valence-corrected chi connectivity index (χ0v) is 5.55. The molecule has 0 fully saturated rings. The number of hydrogen-bond donors (Lipinski definition) is 0. The molecule has 1 rings (SSSR count). The molecule has 1 N–H and O–H groups in total. The lowest BCUT2D eigenvalue weighted by Crippen LogP contribution is -2.01. The fraction of sp³-hybridized carbons (Fsp3) is 0.143. The number of nitrogens with one attached hydrogen (secondary N) is 1. The Hall–Kier alpha value is -1.32. The van der Waals surface area contributed by atoms with Gasteiger partial charge in [0, 0.05) is 0 Å². The molecule has 0 aliphatic carbocycles. The van der Waals surface area contributed by atoms with E-state index in [1.165, 1.54) is 24.3 Å². The predicted molar refractivity (Wildman–Crippen MR) is 37.1 cm³/mol. The average Bonchev–Trinajstić information content (AvgIpc) is 1.93. The van der Waals surface area contributed by atoms with E-state index in [1.54, 1.807) is 0 Å². The smallest absolute Gasteiger partial charge is 0.387 e. The van der Waals surface area contributed by atoms with Crippen molar-refractivity contribution in [2.75, 3.05) is 0 Å². The van der Waals surface area contributed by atoms with Gasteiger partial charge < -0.3 is 10.5 Å². The fourth-order valence-electron chi connectivity index (χ4n) is 0.636. The van der Waals surface area contributed by atoms with Gasteiger partial charge in [-0.05, 0) is 12.1 Å². The first-order chi connectivity index (χ1) is 5.18. The van der Waals surface area contributed by atoms with Gasteiger partial charge in [-0.3, -0.25) is 0 Å². The van der Waals surface area contributed by atoms with Gasteiger partial charge in [-0.1, -0.05) is 12.1 Å². The lowest BCUT2D eigenvalue weighted by Gasteiger charge is -2.05. The van der Waals surface area contributed by atoms with Crippen LogP contribution in [0.4, 0.5) is 14.5 Å². The van der Waals surface area contributed by atoms with Crippen LogP contribution in [0.3, 0.4) is 0 Å². The van der Waals surface area contributed by atoms with Crippen molar-refractivity contribution in [1.82, 2.24) is 0 Å². The number of rotatable bonds is 2. The van der Waals surface area contributed by atoms with Gasteiger partial charge in [-0.25, -0.2) is 0 Å². The Balaban J connectivity index is 2.66. The van der Waals surface area contributed by atoms with Crippen LogP contribution in [0, 0.1) is 0 Å². The third-order valence-corrected chi connectivity index (χ3v) is 1.08. The number of ether oxygens (including phenoxy) is 1. The second-order valence-corrected chi connectivity index (χ2v) is 1.90. The van der Waals surface area contributed by atoms with Crippen molar-refractivity contribution in [3.05, 3.63) is 30.0 Å². The molecule has 2 nitrogen and oxygen atoms in total. The molecule has 0 saturated heterocycles. The molecule has 1 aromatic carbocycles. The van der Waals surface area contributed by atoms with E-state index < -0.39 is 6.61 Å². The molecule has 0 amide bonds. The minimum atomic E-state index is -2.80. The molecular formula is C7H6F2NO-. The molecule has 60 valence electrons. The van der Waals surface area contributed by atoms with Crippen molar-refractivity contribution in [2.45, 2.75) is 6.61 Å². The van der Waals surface area contributed by atoms with Crippen molar-refractivity contribution in [2.24, 2.45) is 0 Å². The molecule has 4 heteroatoms. The maximum Gasteiger partial charge on any atom is 0.387 e. The Kier molecular flexibility index (Phi) is 2.25. The lowest BCUT2D eigenvalue weighted by atomic mass is 10.3. The first-order valence-corrected chi connectivity index (χ1v) is 2.95. The van der Waals surface area contributed by atoms with Gasteiger partial charge in [0.2, 0.25) is 0 Å². The average molecular weight is 158 g/mol. The molecule has 0 spiro atoms. The monoisotopic (exact) mass is 158 g/mol. The van der Waals surface area contributed by atoms with Crippen LogP contribution >= 0.6 is 0 Å². The molecule has 0 radical (unpaired) electrons. The summed E-state index contributed by atoms with van der Waals surface area (Å²) in [5, 5.41) is 0. The van der Waals surface area contributed by atoms with Crippen molar-refractivity contribution < 1.29 is 13.5 Å². The fourth-order valence-corrected chi connectivity index (χ4v) is 0.636. The Bertz CT molecular complexity index is 222. The molecule has 0 bridgehead atoms. The number of benzene rings is 1. The van der Waals surface area contributed by atoms with Gasteiger partial charge >= 0.3 is 6.61 Å². The van der Waals surface area contributed by atoms with Crippen molar-refractivity contribution >= 4 is 5.69 Å². The Morgan fingerprint density at radius 2 is 1.73 bits per heavy atom. The summed E-state index contributed by atoms with van der Waals surface area (Å²) in [5.41, 5.74) is 7.30. The molecule has 0 aliphatic rings. The highest BCUT2D eigenvalue weighted by Crippen LogP contribution is 2.18. The predicted octanol–water partition coefficient (Wildman–Crippen LogP) is 2.97. The summed E-state index contributed by atoms with van der Waals surface area (Å²) in [6, 6.07) is 5.43. The maximum atomic E-state index is 11.6. The minimum absolute atomic E-state index is 0.0796. The lowest BCUT2D eigenvalue weighted by molar-refractivity contribution is -0.0498. The van der Waals surface area contributed by atoms with E-state index in [-0.39, 0.29) is 11.4 Å². The van der Waals surface area contributed by atoms with E-state index in [0.717, 1.165) is 0 Å². The number of hydrogen-bond acceptors (Lipinski definition) is 1. The van der Waals surface area contributed by atoms with Crippen LogP contribution in [-0.4, -0.2) is 6.61 Å². The van der Waals surface area contributed by atoms with Crippen LogP contribution in [0.5, 0.6) is 5.75 Å². The quantitative estimate of drug-likeness (QED) is 0.651. The van der Waals surface area contributed by atoms with Crippen molar-refractivity contribution in [3.63, 3.8) is 0 Å². The molecule has 1 aromatic rings. The highest BCUT2D eigenvalue weighted by Gasteiger charge is 2.01. The van der Waals surface area contributed by atoms with Crippen LogP contribution in [0.1, 0.15) is 0 Å². The second-order valence-electron chi connectivity index (χ2n) is 1.90. The third-order valence-electron chi connectivity index (χ3n) is 1.08. The van der Waals surface area contributed by atoms with E-state index in [2.05, 4.69) is 4.74 Å². The van der Waals surface area contributed by atoms with Gasteiger partial charge in [0.1, 0.15) is 5.75 Å². The van der Waals surface area contributed by atoms with E-state index in [9.17, 15) is 8.78 Å².